The first kappa shape index (κ1) is 26.9. The first-order valence-electron chi connectivity index (χ1n) is 13.7. The number of rotatable bonds is 11. The Balaban J connectivity index is 1.16. The third-order valence-electron chi connectivity index (χ3n) is 7.44. The molecule has 1 heterocycles. The second-order valence-electron chi connectivity index (χ2n) is 10.3. The number of hydrogen-bond acceptors (Lipinski definition) is 6. The van der Waals surface area contributed by atoms with E-state index in [9.17, 15) is 14.7 Å². The van der Waals surface area contributed by atoms with Gasteiger partial charge in [0, 0.05) is 29.2 Å². The van der Waals surface area contributed by atoms with Crippen LogP contribution in [-0.4, -0.2) is 48.5 Å². The summed E-state index contributed by atoms with van der Waals surface area (Å²) < 4.78 is 17.9. The zero-order chi connectivity index (χ0) is 27.0. The van der Waals surface area contributed by atoms with Crippen LogP contribution < -0.4 is 10.1 Å². The smallest absolute Gasteiger partial charge is 0.326 e. The number of carboxylic acid groups (broad SMARTS) is 1. The Hall–Kier alpha value is -3.68. The molecule has 0 radical (unpaired) electrons. The maximum atomic E-state index is 13.1. The van der Waals surface area contributed by atoms with Gasteiger partial charge >= 0.3 is 5.97 Å². The van der Waals surface area contributed by atoms with E-state index < -0.39 is 12.0 Å². The van der Waals surface area contributed by atoms with E-state index in [1.165, 1.54) is 32.1 Å². The van der Waals surface area contributed by atoms with Gasteiger partial charge in [-0.05, 0) is 42.7 Å². The third kappa shape index (κ3) is 7.05. The van der Waals surface area contributed by atoms with Crippen molar-refractivity contribution in [3.8, 4) is 5.75 Å². The lowest BCUT2D eigenvalue weighted by Crippen LogP contribution is -2.32. The van der Waals surface area contributed by atoms with E-state index in [-0.39, 0.29) is 24.6 Å². The monoisotopic (exact) mass is 529 g/mol. The highest BCUT2D eigenvalue weighted by Gasteiger charge is 2.33. The van der Waals surface area contributed by atoms with Crippen LogP contribution in [-0.2, 0) is 20.7 Å². The van der Waals surface area contributed by atoms with Gasteiger partial charge in [0.25, 0.3) is 0 Å². The van der Waals surface area contributed by atoms with E-state index in [0.717, 1.165) is 5.56 Å². The van der Waals surface area contributed by atoms with Gasteiger partial charge in [0.2, 0.25) is 0 Å². The molecular formula is C32H35NO6. The molecule has 1 saturated heterocycles. The Morgan fingerprint density at radius 3 is 2.38 bits per heavy atom. The second kappa shape index (κ2) is 12.9. The zero-order valence-corrected chi connectivity index (χ0v) is 22.0. The van der Waals surface area contributed by atoms with Crippen LogP contribution in [0.1, 0.15) is 53.6 Å². The van der Waals surface area contributed by atoms with Gasteiger partial charge in [-0.2, -0.15) is 0 Å². The summed E-state index contributed by atoms with van der Waals surface area (Å²) in [6.07, 6.45) is 6.17. The molecule has 2 aliphatic rings. The van der Waals surface area contributed by atoms with Gasteiger partial charge in [-0.1, -0.05) is 73.9 Å². The van der Waals surface area contributed by atoms with Gasteiger partial charge in [-0.15, -0.1) is 0 Å². The molecular weight excluding hydrogens is 494 g/mol. The van der Waals surface area contributed by atoms with Gasteiger partial charge in [0.15, 0.2) is 12.1 Å². The number of para-hydroxylation sites is 1. The lowest BCUT2D eigenvalue weighted by molar-refractivity contribution is -0.137. The summed E-state index contributed by atoms with van der Waals surface area (Å²) in [7, 11) is 0. The number of aliphatic carboxylic acids is 1. The standard InChI is InChI=1S/C32H35NO6/c34-30(23-9-3-1-4-10-23)27-13-7-8-14-28(27)33-29(31(35)36)19-22-15-17-25(18-16-22)37-20-26-21-38-32(39-26)24-11-5-2-6-12-24/h1,3-4,7-10,13-18,24,26,29,32-33H,2,5-6,11-12,19-21H2,(H,35,36). The van der Waals surface area contributed by atoms with Crippen molar-refractivity contribution in [2.45, 2.75) is 57.0 Å². The average Bonchev–Trinajstić information content (AvgIpc) is 3.46. The molecule has 2 fully saturated rings. The fraction of sp³-hybridized carbons (Fsp3) is 0.375. The third-order valence-corrected chi connectivity index (χ3v) is 7.44. The molecule has 7 nitrogen and oxygen atoms in total. The van der Waals surface area contributed by atoms with Crippen LogP contribution in [0.3, 0.4) is 0 Å². The molecule has 1 aliphatic carbocycles. The summed E-state index contributed by atoms with van der Waals surface area (Å²) in [5, 5.41) is 13.0. The lowest BCUT2D eigenvalue weighted by Gasteiger charge is -2.26. The SMILES string of the molecule is O=C(c1ccccc1)c1ccccc1NC(Cc1ccc(OCC2COC(C3CCCCC3)O2)cc1)C(=O)O. The maximum absolute atomic E-state index is 13.1. The van der Waals surface area contributed by atoms with Crippen LogP contribution in [0.5, 0.6) is 5.75 Å². The van der Waals surface area contributed by atoms with Crippen molar-refractivity contribution in [3.05, 3.63) is 95.6 Å². The Morgan fingerprint density at radius 2 is 1.64 bits per heavy atom. The van der Waals surface area contributed by atoms with E-state index in [4.69, 9.17) is 14.2 Å². The number of ether oxygens (including phenoxy) is 3. The minimum atomic E-state index is -0.997. The van der Waals surface area contributed by atoms with Crippen molar-refractivity contribution < 1.29 is 28.9 Å². The highest BCUT2D eigenvalue weighted by Crippen LogP contribution is 2.32. The number of carboxylic acids is 1. The lowest BCUT2D eigenvalue weighted by atomic mass is 9.89. The normalized spacial score (nSPS) is 20.3. The highest BCUT2D eigenvalue weighted by molar-refractivity contribution is 6.12. The Bertz CT molecular complexity index is 1240. The predicted octanol–water partition coefficient (Wildman–Crippen LogP) is 5.73. The van der Waals surface area contributed by atoms with Crippen molar-refractivity contribution in [1.29, 1.82) is 0 Å². The summed E-state index contributed by atoms with van der Waals surface area (Å²) in [6.45, 7) is 0.952. The predicted molar refractivity (Wildman–Crippen MR) is 148 cm³/mol. The van der Waals surface area contributed by atoms with E-state index >= 15 is 0 Å². The molecule has 39 heavy (non-hydrogen) atoms. The molecule has 5 rings (SSSR count). The summed E-state index contributed by atoms with van der Waals surface area (Å²) in [5.41, 5.74) is 2.31. The molecule has 1 aliphatic heterocycles. The first-order valence-corrected chi connectivity index (χ1v) is 13.7. The minimum absolute atomic E-state index is 0.0872. The quantitative estimate of drug-likeness (QED) is 0.307. The van der Waals surface area contributed by atoms with Crippen molar-refractivity contribution in [2.24, 2.45) is 5.92 Å². The van der Waals surface area contributed by atoms with E-state index in [2.05, 4.69) is 5.32 Å². The van der Waals surface area contributed by atoms with Crippen LogP contribution in [0.4, 0.5) is 5.69 Å². The van der Waals surface area contributed by atoms with Crippen molar-refractivity contribution >= 4 is 17.4 Å². The Labute approximate surface area is 229 Å². The molecule has 0 aromatic heterocycles. The van der Waals surface area contributed by atoms with Gasteiger partial charge < -0.3 is 24.6 Å². The zero-order valence-electron chi connectivity index (χ0n) is 22.0. The van der Waals surface area contributed by atoms with Crippen LogP contribution in [0, 0.1) is 5.92 Å². The number of hydrogen-bond donors (Lipinski definition) is 2. The number of nitrogens with one attached hydrogen (secondary N) is 1. The average molecular weight is 530 g/mol. The largest absolute Gasteiger partial charge is 0.491 e. The van der Waals surface area contributed by atoms with Crippen LogP contribution in [0.25, 0.3) is 0 Å². The molecule has 3 unspecified atom stereocenters. The summed E-state index contributed by atoms with van der Waals surface area (Å²) in [4.78, 5) is 25.2. The number of carbonyl (C=O) groups is 2. The summed E-state index contributed by atoms with van der Waals surface area (Å²) >= 11 is 0. The van der Waals surface area contributed by atoms with Gasteiger partial charge in [0.05, 0.1) is 6.61 Å². The molecule has 3 aromatic rings. The van der Waals surface area contributed by atoms with E-state index in [1.54, 1.807) is 48.5 Å². The van der Waals surface area contributed by atoms with Gasteiger partial charge in [-0.3, -0.25) is 4.79 Å². The van der Waals surface area contributed by atoms with Crippen LogP contribution >= 0.6 is 0 Å². The fourth-order valence-electron chi connectivity index (χ4n) is 5.30. The highest BCUT2D eigenvalue weighted by atomic mass is 16.7. The van der Waals surface area contributed by atoms with Crippen molar-refractivity contribution in [1.82, 2.24) is 0 Å². The topological polar surface area (TPSA) is 94.1 Å². The molecule has 0 bridgehead atoms. The Kier molecular flexibility index (Phi) is 8.91. The van der Waals surface area contributed by atoms with Gasteiger partial charge in [-0.25, -0.2) is 4.79 Å². The molecule has 204 valence electrons. The summed E-state index contributed by atoms with van der Waals surface area (Å²) in [6, 6.07) is 22.5. The molecule has 1 saturated carbocycles. The van der Waals surface area contributed by atoms with E-state index in [1.807, 2.05) is 30.3 Å². The van der Waals surface area contributed by atoms with Gasteiger partial charge in [0.1, 0.15) is 24.5 Å². The number of anilines is 1. The molecule has 0 amide bonds. The number of benzene rings is 3. The fourth-order valence-corrected chi connectivity index (χ4v) is 5.30. The van der Waals surface area contributed by atoms with Crippen LogP contribution in [0.2, 0.25) is 0 Å². The molecule has 7 heteroatoms. The summed E-state index contributed by atoms with van der Waals surface area (Å²) in [5.74, 6) is 0.0265. The molecule has 3 aromatic carbocycles. The number of carbonyl (C=O) groups excluding carboxylic acids is 1. The number of ketones is 1. The molecule has 0 spiro atoms. The first-order chi connectivity index (χ1) is 19.1. The minimum Gasteiger partial charge on any atom is -0.491 e. The van der Waals surface area contributed by atoms with E-state index in [0.29, 0.717) is 41.7 Å². The van der Waals surface area contributed by atoms with Crippen molar-refractivity contribution in [2.75, 3.05) is 18.5 Å². The Morgan fingerprint density at radius 1 is 0.923 bits per heavy atom. The van der Waals surface area contributed by atoms with Crippen molar-refractivity contribution in [3.63, 3.8) is 0 Å². The molecule has 2 N–H and O–H groups in total. The second-order valence-corrected chi connectivity index (χ2v) is 10.3. The van der Waals surface area contributed by atoms with Crippen LogP contribution in [0.15, 0.2) is 78.9 Å². The maximum Gasteiger partial charge on any atom is 0.326 e. The molecule has 3 atom stereocenters.